The van der Waals surface area contributed by atoms with Crippen LogP contribution in [0.25, 0.3) is 0 Å². The van der Waals surface area contributed by atoms with Crippen molar-refractivity contribution in [1.29, 1.82) is 0 Å². The van der Waals surface area contributed by atoms with Gasteiger partial charge in [0.15, 0.2) is 0 Å². The van der Waals surface area contributed by atoms with Gasteiger partial charge in [0.25, 0.3) is 5.91 Å². The maximum Gasteiger partial charge on any atom is 0.258 e. The zero-order valence-electron chi connectivity index (χ0n) is 11.4. The third-order valence-corrected chi connectivity index (χ3v) is 4.00. The highest BCUT2D eigenvalue weighted by Gasteiger charge is 2.46. The molecule has 1 aliphatic rings. The summed E-state index contributed by atoms with van der Waals surface area (Å²) in [7, 11) is -3.27. The number of sulfone groups is 1. The number of hydrogen-bond acceptors (Lipinski definition) is 5. The molecule has 2 amide bonds. The van der Waals surface area contributed by atoms with Crippen molar-refractivity contribution in [3.8, 4) is 0 Å². The summed E-state index contributed by atoms with van der Waals surface area (Å²) in [5.74, 6) is -2.43. The first-order valence-corrected chi connectivity index (χ1v) is 8.36. The Morgan fingerprint density at radius 1 is 1.33 bits per heavy atom. The predicted octanol–water partition coefficient (Wildman–Crippen LogP) is -0.606. The molecular weight excluding hydrogens is 296 g/mol. The van der Waals surface area contributed by atoms with Gasteiger partial charge in [0, 0.05) is 6.26 Å². The van der Waals surface area contributed by atoms with Gasteiger partial charge in [-0.3, -0.25) is 14.4 Å². The molecule has 1 heterocycles. The van der Waals surface area contributed by atoms with Crippen molar-refractivity contribution in [3.05, 3.63) is 35.9 Å². The highest BCUT2D eigenvalue weighted by atomic mass is 32.2. The summed E-state index contributed by atoms with van der Waals surface area (Å²) in [5, 5.41) is 2.40. The first kappa shape index (κ1) is 15.5. The average Bonchev–Trinajstić information content (AvgIpc) is 2.37. The average molecular weight is 312 g/mol. The SMILES string of the molecule is CS(=O)(=O)CC1NC(=O)C1C(=O)NOCc1ccccc1. The van der Waals surface area contributed by atoms with Crippen molar-refractivity contribution in [1.82, 2.24) is 10.8 Å². The zero-order chi connectivity index (χ0) is 15.5. The van der Waals surface area contributed by atoms with Gasteiger partial charge in [0.05, 0.1) is 18.4 Å². The fraction of sp³-hybridized carbons (Fsp3) is 0.385. The minimum absolute atomic E-state index is 0.164. The summed E-state index contributed by atoms with van der Waals surface area (Å²) >= 11 is 0. The number of amides is 2. The number of hydrogen-bond donors (Lipinski definition) is 2. The fourth-order valence-electron chi connectivity index (χ4n) is 2.04. The maximum absolute atomic E-state index is 11.8. The Bertz CT molecular complexity index is 629. The largest absolute Gasteiger partial charge is 0.350 e. The highest BCUT2D eigenvalue weighted by Crippen LogP contribution is 2.17. The summed E-state index contributed by atoms with van der Waals surface area (Å²) in [6.07, 6.45) is 1.05. The first-order chi connectivity index (χ1) is 9.87. The molecule has 114 valence electrons. The third kappa shape index (κ3) is 4.27. The second-order valence-electron chi connectivity index (χ2n) is 4.93. The molecule has 1 aliphatic heterocycles. The van der Waals surface area contributed by atoms with Crippen LogP contribution in [0.15, 0.2) is 30.3 Å². The lowest BCUT2D eigenvalue weighted by atomic mass is 9.91. The molecule has 0 bridgehead atoms. The Balaban J connectivity index is 1.83. The molecule has 0 radical (unpaired) electrons. The van der Waals surface area contributed by atoms with E-state index in [1.165, 1.54) is 0 Å². The number of carbonyl (C=O) groups excluding carboxylic acids is 2. The Morgan fingerprint density at radius 2 is 2.00 bits per heavy atom. The molecule has 21 heavy (non-hydrogen) atoms. The molecule has 2 rings (SSSR count). The second-order valence-corrected chi connectivity index (χ2v) is 7.11. The van der Waals surface area contributed by atoms with E-state index in [4.69, 9.17) is 4.84 Å². The van der Waals surface area contributed by atoms with Gasteiger partial charge in [0.1, 0.15) is 15.8 Å². The first-order valence-electron chi connectivity index (χ1n) is 6.30. The van der Waals surface area contributed by atoms with Gasteiger partial charge in [-0.2, -0.15) is 0 Å². The minimum Gasteiger partial charge on any atom is -0.350 e. The lowest BCUT2D eigenvalue weighted by Crippen LogP contribution is -2.65. The Kier molecular flexibility index (Phi) is 4.59. The van der Waals surface area contributed by atoms with E-state index in [1.807, 2.05) is 30.3 Å². The third-order valence-electron chi connectivity index (χ3n) is 3.03. The molecule has 1 saturated heterocycles. The van der Waals surface area contributed by atoms with Crippen LogP contribution in [0.4, 0.5) is 0 Å². The monoisotopic (exact) mass is 312 g/mol. The van der Waals surface area contributed by atoms with E-state index in [0.717, 1.165) is 11.8 Å². The maximum atomic E-state index is 11.8. The van der Waals surface area contributed by atoms with E-state index >= 15 is 0 Å². The van der Waals surface area contributed by atoms with Crippen molar-refractivity contribution in [2.24, 2.45) is 5.92 Å². The molecule has 8 heteroatoms. The number of benzene rings is 1. The van der Waals surface area contributed by atoms with Crippen molar-refractivity contribution in [2.75, 3.05) is 12.0 Å². The number of rotatable bonds is 6. The van der Waals surface area contributed by atoms with Crippen LogP contribution in [0.2, 0.25) is 0 Å². The lowest BCUT2D eigenvalue weighted by Gasteiger charge is -2.34. The van der Waals surface area contributed by atoms with Crippen LogP contribution >= 0.6 is 0 Å². The van der Waals surface area contributed by atoms with Gasteiger partial charge in [-0.1, -0.05) is 30.3 Å². The Morgan fingerprint density at radius 3 is 2.57 bits per heavy atom. The van der Waals surface area contributed by atoms with E-state index in [9.17, 15) is 18.0 Å². The molecule has 2 atom stereocenters. The molecular formula is C13H16N2O5S. The molecule has 1 aromatic rings. The van der Waals surface area contributed by atoms with Gasteiger partial charge in [-0.25, -0.2) is 13.9 Å². The molecule has 2 unspecified atom stereocenters. The summed E-state index contributed by atoms with van der Waals surface area (Å²) in [5.41, 5.74) is 3.05. The van der Waals surface area contributed by atoms with Gasteiger partial charge in [0.2, 0.25) is 5.91 Å². The molecule has 0 saturated carbocycles. The van der Waals surface area contributed by atoms with Crippen LogP contribution in [0.5, 0.6) is 0 Å². The summed E-state index contributed by atoms with van der Waals surface area (Å²) in [6.45, 7) is 0.164. The van der Waals surface area contributed by atoms with Crippen LogP contribution < -0.4 is 10.8 Å². The summed E-state index contributed by atoms with van der Waals surface area (Å²) in [6, 6.07) is 8.48. The Labute approximate surface area is 122 Å². The number of hydroxylamine groups is 1. The van der Waals surface area contributed by atoms with E-state index in [0.29, 0.717) is 0 Å². The van der Waals surface area contributed by atoms with Crippen molar-refractivity contribution in [3.63, 3.8) is 0 Å². The smallest absolute Gasteiger partial charge is 0.258 e. The van der Waals surface area contributed by atoms with Crippen LogP contribution in [-0.2, 0) is 30.9 Å². The second kappa shape index (κ2) is 6.23. The van der Waals surface area contributed by atoms with Gasteiger partial charge >= 0.3 is 0 Å². The van der Waals surface area contributed by atoms with Crippen LogP contribution in [0.1, 0.15) is 5.56 Å². The van der Waals surface area contributed by atoms with Crippen LogP contribution in [-0.4, -0.2) is 38.3 Å². The van der Waals surface area contributed by atoms with Crippen molar-refractivity contribution in [2.45, 2.75) is 12.6 Å². The van der Waals surface area contributed by atoms with E-state index in [-0.39, 0.29) is 12.4 Å². The lowest BCUT2D eigenvalue weighted by molar-refractivity contribution is -0.151. The molecule has 0 aliphatic carbocycles. The minimum atomic E-state index is -3.27. The number of nitrogens with one attached hydrogen (secondary N) is 2. The quantitative estimate of drug-likeness (QED) is 0.415. The van der Waals surface area contributed by atoms with E-state index in [1.54, 1.807) is 0 Å². The molecule has 0 aromatic heterocycles. The predicted molar refractivity (Wildman–Crippen MR) is 74.5 cm³/mol. The molecule has 1 fully saturated rings. The van der Waals surface area contributed by atoms with Gasteiger partial charge in [-0.05, 0) is 5.56 Å². The summed E-state index contributed by atoms with van der Waals surface area (Å²) < 4.78 is 22.4. The molecule has 2 N–H and O–H groups in total. The van der Waals surface area contributed by atoms with Crippen molar-refractivity contribution < 1.29 is 22.8 Å². The number of β-lactam (4-membered cyclic amide) rings is 1. The normalized spacial score (nSPS) is 21.3. The zero-order valence-corrected chi connectivity index (χ0v) is 12.2. The fourth-order valence-corrected chi connectivity index (χ4v) is 2.96. The molecule has 7 nitrogen and oxygen atoms in total. The number of carbonyl (C=O) groups is 2. The van der Waals surface area contributed by atoms with E-state index in [2.05, 4.69) is 10.8 Å². The standard InChI is InChI=1S/C13H16N2O5S/c1-21(18,19)8-10-11(12(16)14-10)13(17)15-20-7-9-5-3-2-4-6-9/h2-6,10-11H,7-8H2,1H3,(H,14,16)(H,15,17). The van der Waals surface area contributed by atoms with Crippen molar-refractivity contribution >= 4 is 21.7 Å². The van der Waals surface area contributed by atoms with Gasteiger partial charge in [-0.15, -0.1) is 0 Å². The van der Waals surface area contributed by atoms with Crippen LogP contribution in [0, 0.1) is 5.92 Å². The van der Waals surface area contributed by atoms with E-state index < -0.39 is 33.6 Å². The molecule has 1 aromatic carbocycles. The summed E-state index contributed by atoms with van der Waals surface area (Å²) in [4.78, 5) is 28.2. The topological polar surface area (TPSA) is 102 Å². The van der Waals surface area contributed by atoms with Gasteiger partial charge < -0.3 is 5.32 Å². The Hall–Kier alpha value is -1.93. The molecule has 0 spiro atoms. The van der Waals surface area contributed by atoms with Crippen LogP contribution in [0.3, 0.4) is 0 Å². The highest BCUT2D eigenvalue weighted by molar-refractivity contribution is 7.90.